The predicted octanol–water partition coefficient (Wildman–Crippen LogP) is 10.6. The van der Waals surface area contributed by atoms with Crippen molar-refractivity contribution < 1.29 is 14.7 Å². The summed E-state index contributed by atoms with van der Waals surface area (Å²) in [5, 5.41) is 9.49. The summed E-state index contributed by atoms with van der Waals surface area (Å²) in [7, 11) is 0. The van der Waals surface area contributed by atoms with E-state index in [-0.39, 0.29) is 27.1 Å². The van der Waals surface area contributed by atoms with Crippen LogP contribution in [0.3, 0.4) is 0 Å². The molecule has 0 radical (unpaired) electrons. The van der Waals surface area contributed by atoms with Crippen LogP contribution < -0.4 is 0 Å². The number of likely N-dealkylation sites (tertiary alicyclic amines) is 1. The van der Waals surface area contributed by atoms with Gasteiger partial charge in [-0.05, 0) is 164 Å². The van der Waals surface area contributed by atoms with Crippen molar-refractivity contribution in [3.63, 3.8) is 0 Å². The number of carbonyl (C=O) groups is 2. The lowest BCUT2D eigenvalue weighted by Crippen LogP contribution is -2.66. The van der Waals surface area contributed by atoms with Gasteiger partial charge < -0.3 is 10.0 Å². The van der Waals surface area contributed by atoms with E-state index in [1.54, 1.807) is 12.1 Å². The summed E-state index contributed by atoms with van der Waals surface area (Å²) < 4.78 is 0. The van der Waals surface area contributed by atoms with Gasteiger partial charge in [0.1, 0.15) is 0 Å². The smallest absolute Gasteiger partial charge is 0.335 e. The number of aromatic carboxylic acids is 1. The fourth-order valence-electron chi connectivity index (χ4n) is 14.0. The molecule has 4 heteroatoms. The highest BCUT2D eigenvalue weighted by Gasteiger charge is 2.71. The van der Waals surface area contributed by atoms with Crippen LogP contribution in [0.15, 0.2) is 54.6 Å². The number of fused-ring (bicyclic) bond motifs is 7. The van der Waals surface area contributed by atoms with Crippen LogP contribution in [-0.4, -0.2) is 35.0 Å². The minimum Gasteiger partial charge on any atom is -0.478 e. The average molecular weight is 652 g/mol. The van der Waals surface area contributed by atoms with Crippen LogP contribution in [0.25, 0.3) is 5.57 Å². The summed E-state index contributed by atoms with van der Waals surface area (Å²) >= 11 is 0. The van der Waals surface area contributed by atoms with Crippen LogP contribution >= 0.6 is 0 Å². The van der Waals surface area contributed by atoms with Gasteiger partial charge in [0.05, 0.1) is 11.0 Å². The van der Waals surface area contributed by atoms with Crippen molar-refractivity contribution in [2.24, 2.45) is 56.7 Å². The highest BCUT2D eigenvalue weighted by atomic mass is 16.4. The number of allylic oxidation sites excluding steroid dienone is 4. The minimum absolute atomic E-state index is 0.00478. The second-order valence-corrected chi connectivity index (χ2v) is 18.6. The lowest BCUT2D eigenvalue weighted by molar-refractivity contribution is -0.226. The van der Waals surface area contributed by atoms with Crippen molar-refractivity contribution in [2.75, 3.05) is 13.1 Å². The van der Waals surface area contributed by atoms with Gasteiger partial charge in [0.15, 0.2) is 0 Å². The van der Waals surface area contributed by atoms with E-state index in [0.29, 0.717) is 41.1 Å². The van der Waals surface area contributed by atoms with Gasteiger partial charge in [-0.25, -0.2) is 4.79 Å². The predicted molar refractivity (Wildman–Crippen MR) is 195 cm³/mol. The molecule has 1 amide bonds. The van der Waals surface area contributed by atoms with Crippen molar-refractivity contribution in [1.82, 2.24) is 4.90 Å². The Hall–Kier alpha value is -2.62. The van der Waals surface area contributed by atoms with E-state index >= 15 is 0 Å². The molecule has 9 atom stereocenters. The lowest BCUT2D eigenvalue weighted by atomic mass is 9.32. The minimum atomic E-state index is -0.870. The zero-order valence-electron chi connectivity index (χ0n) is 30.8. The zero-order chi connectivity index (χ0) is 34.4. The second-order valence-electron chi connectivity index (χ2n) is 18.6. The summed E-state index contributed by atoms with van der Waals surface area (Å²) in [4.78, 5) is 28.6. The molecule has 4 nitrogen and oxygen atoms in total. The molecular weight excluding hydrogens is 590 g/mol. The number of hydrogen-bond acceptors (Lipinski definition) is 2. The fourth-order valence-corrected chi connectivity index (χ4v) is 14.0. The number of carbonyl (C=O) groups excluding carboxylic acids is 1. The van der Waals surface area contributed by atoms with Crippen LogP contribution in [0.1, 0.15) is 135 Å². The molecule has 1 N–H and O–H groups in total. The van der Waals surface area contributed by atoms with Gasteiger partial charge in [-0.2, -0.15) is 0 Å². The normalized spacial score (nSPS) is 41.6. The van der Waals surface area contributed by atoms with Crippen LogP contribution in [0, 0.1) is 56.7 Å². The Morgan fingerprint density at radius 3 is 2.15 bits per heavy atom. The molecule has 0 bridgehead atoms. The van der Waals surface area contributed by atoms with E-state index in [1.807, 2.05) is 12.1 Å². The Bertz CT molecular complexity index is 1540. The number of carboxylic acids is 1. The van der Waals surface area contributed by atoms with Gasteiger partial charge in [0.2, 0.25) is 5.91 Å². The Morgan fingerprint density at radius 2 is 1.50 bits per heavy atom. The summed E-state index contributed by atoms with van der Waals surface area (Å²) in [6.07, 6.45) is 16.4. The van der Waals surface area contributed by atoms with Crippen molar-refractivity contribution in [3.05, 3.63) is 65.8 Å². The van der Waals surface area contributed by atoms with E-state index in [1.165, 1.54) is 48.8 Å². The molecule has 1 unspecified atom stereocenters. The van der Waals surface area contributed by atoms with Gasteiger partial charge in [0, 0.05) is 13.1 Å². The molecule has 0 aromatic heterocycles. The molecule has 5 aliphatic carbocycles. The molecule has 1 saturated heterocycles. The number of piperidine rings is 1. The molecule has 5 fully saturated rings. The molecular formula is C44H61NO3. The highest BCUT2D eigenvalue weighted by Crippen LogP contribution is 2.78. The number of carboxylic acid groups (broad SMARTS) is 1. The third kappa shape index (κ3) is 4.58. The van der Waals surface area contributed by atoms with Gasteiger partial charge in [-0.1, -0.05) is 71.6 Å². The van der Waals surface area contributed by atoms with E-state index < -0.39 is 5.97 Å². The first kappa shape index (κ1) is 33.9. The first-order valence-electron chi connectivity index (χ1n) is 19.3. The van der Waals surface area contributed by atoms with Crippen LogP contribution in [0.5, 0.6) is 0 Å². The van der Waals surface area contributed by atoms with Gasteiger partial charge in [-0.3, -0.25) is 4.79 Å². The average Bonchev–Trinajstić information content (AvgIpc) is 3.45. The topological polar surface area (TPSA) is 57.6 Å². The van der Waals surface area contributed by atoms with E-state index in [0.717, 1.165) is 63.6 Å². The molecule has 1 heterocycles. The zero-order valence-corrected chi connectivity index (χ0v) is 30.8. The quantitative estimate of drug-likeness (QED) is 0.322. The van der Waals surface area contributed by atoms with Gasteiger partial charge in [0.25, 0.3) is 0 Å². The SMILES string of the molecule is C=C(C)C(=C)C1CC[C@]2(C(=O)N3CCCCC3)CC[C@]3(C)[C@H](CC[C@@H]4[C@@]5(C)CC=C(c6ccc(C(=O)O)cc6)C(C)(C)[C@@H]5CC[C@]43C)[C@@H]12. The molecule has 48 heavy (non-hydrogen) atoms. The number of nitrogens with zero attached hydrogens (tertiary/aromatic N) is 1. The third-order valence-electron chi connectivity index (χ3n) is 16.5. The van der Waals surface area contributed by atoms with E-state index in [4.69, 9.17) is 0 Å². The Kier molecular flexibility index (Phi) is 8.08. The second kappa shape index (κ2) is 11.5. The number of benzene rings is 1. The number of rotatable bonds is 5. The summed E-state index contributed by atoms with van der Waals surface area (Å²) in [6.45, 7) is 25.9. The maximum absolute atomic E-state index is 14.8. The molecule has 1 aromatic rings. The maximum Gasteiger partial charge on any atom is 0.335 e. The molecule has 7 rings (SSSR count). The number of amides is 1. The van der Waals surface area contributed by atoms with Crippen molar-refractivity contribution in [3.8, 4) is 0 Å². The van der Waals surface area contributed by atoms with Gasteiger partial charge >= 0.3 is 5.97 Å². The monoisotopic (exact) mass is 651 g/mol. The largest absolute Gasteiger partial charge is 0.478 e. The number of hydrogen-bond donors (Lipinski definition) is 1. The Morgan fingerprint density at radius 1 is 0.812 bits per heavy atom. The maximum atomic E-state index is 14.8. The molecule has 0 spiro atoms. The first-order chi connectivity index (χ1) is 22.6. The van der Waals surface area contributed by atoms with E-state index in [2.05, 4.69) is 65.7 Å². The van der Waals surface area contributed by atoms with Crippen molar-refractivity contribution >= 4 is 17.4 Å². The van der Waals surface area contributed by atoms with Crippen LogP contribution in [0.2, 0.25) is 0 Å². The Labute approximate surface area is 290 Å². The van der Waals surface area contributed by atoms with Crippen molar-refractivity contribution in [1.29, 1.82) is 0 Å². The fraction of sp³-hybridized carbons (Fsp3) is 0.682. The summed E-state index contributed by atoms with van der Waals surface area (Å²) in [5.74, 6) is 2.06. The molecule has 1 aliphatic heterocycles. The third-order valence-corrected chi connectivity index (χ3v) is 16.5. The summed E-state index contributed by atoms with van der Waals surface area (Å²) in [6, 6.07) is 7.57. The molecule has 6 aliphatic rings. The standard InChI is InChI=1S/C44H61NO3/c1-28(2)29(3)32-18-23-44(39(48)45-26-10-9-11-27-45)25-24-42(7)34(37(32)44)16-17-36-41(6)21-19-33(30-12-14-31(15-13-30)38(46)47)40(4,5)35(41)20-22-43(36,42)8/h12-15,19,32,34-37H,1,3,9-11,16-18,20-27H2,2,4-8H3,(H,46,47)/t32?,34-,35+,36-,37-,41+,42-,43-,44+/m1/s1. The van der Waals surface area contributed by atoms with Crippen molar-refractivity contribution in [2.45, 2.75) is 119 Å². The molecule has 260 valence electrons. The lowest BCUT2D eigenvalue weighted by Gasteiger charge is -2.72. The van der Waals surface area contributed by atoms with Crippen LogP contribution in [-0.2, 0) is 4.79 Å². The highest BCUT2D eigenvalue weighted by molar-refractivity contribution is 5.88. The molecule has 1 aromatic carbocycles. The van der Waals surface area contributed by atoms with Crippen LogP contribution in [0.4, 0.5) is 0 Å². The first-order valence-corrected chi connectivity index (χ1v) is 19.3. The van der Waals surface area contributed by atoms with Gasteiger partial charge in [-0.15, -0.1) is 0 Å². The summed E-state index contributed by atoms with van der Waals surface area (Å²) in [5.41, 5.74) is 5.56. The Balaban J connectivity index is 1.24. The molecule has 4 saturated carbocycles. The van der Waals surface area contributed by atoms with E-state index in [9.17, 15) is 14.7 Å².